The number of nitrogens with zero attached hydrogens (tertiary/aromatic N) is 1. The van der Waals surface area contributed by atoms with Gasteiger partial charge in [0.2, 0.25) is 0 Å². The number of rotatable bonds is 6. The van der Waals surface area contributed by atoms with Gasteiger partial charge in [-0.05, 0) is 18.1 Å². The van der Waals surface area contributed by atoms with Crippen molar-refractivity contribution in [1.82, 2.24) is 10.2 Å². The molecule has 20 heavy (non-hydrogen) atoms. The first-order valence-electron chi connectivity index (χ1n) is 7.01. The molecule has 0 spiro atoms. The molecule has 1 heterocycles. The van der Waals surface area contributed by atoms with E-state index in [0.717, 1.165) is 50.5 Å². The second-order valence-electron chi connectivity index (χ2n) is 4.95. The van der Waals surface area contributed by atoms with Gasteiger partial charge in [-0.3, -0.25) is 0 Å². The van der Waals surface area contributed by atoms with Gasteiger partial charge in [0.15, 0.2) is 0 Å². The second kappa shape index (κ2) is 7.45. The molecule has 1 fully saturated rings. The highest BCUT2D eigenvalue weighted by atomic mass is 19.1. The van der Waals surface area contributed by atoms with Crippen molar-refractivity contribution in [2.45, 2.75) is 13.1 Å². The Labute approximate surface area is 119 Å². The van der Waals surface area contributed by atoms with Gasteiger partial charge in [-0.25, -0.2) is 4.39 Å². The maximum atomic E-state index is 13.0. The van der Waals surface area contributed by atoms with E-state index in [-0.39, 0.29) is 0 Å². The summed E-state index contributed by atoms with van der Waals surface area (Å²) >= 11 is 0. The van der Waals surface area contributed by atoms with Gasteiger partial charge in [0.1, 0.15) is 18.2 Å². The third-order valence-corrected chi connectivity index (χ3v) is 3.73. The Morgan fingerprint density at radius 2 is 1.75 bits per heavy atom. The zero-order valence-electron chi connectivity index (χ0n) is 12.2. The van der Waals surface area contributed by atoms with Crippen molar-refractivity contribution in [3.05, 3.63) is 23.3 Å². The summed E-state index contributed by atoms with van der Waals surface area (Å²) in [4.78, 5) is 2.41. The number of hydrogen-bond acceptors (Lipinski definition) is 4. The molecule has 1 saturated heterocycles. The van der Waals surface area contributed by atoms with Crippen LogP contribution in [-0.2, 0) is 13.1 Å². The van der Waals surface area contributed by atoms with Crippen LogP contribution in [0.4, 0.5) is 4.39 Å². The minimum Gasteiger partial charge on any atom is -0.496 e. The van der Waals surface area contributed by atoms with E-state index in [1.165, 1.54) is 0 Å². The molecule has 1 aliphatic rings. The van der Waals surface area contributed by atoms with Gasteiger partial charge in [-0.1, -0.05) is 0 Å². The van der Waals surface area contributed by atoms with Crippen LogP contribution in [-0.4, -0.2) is 51.8 Å². The molecule has 2 rings (SSSR count). The summed E-state index contributed by atoms with van der Waals surface area (Å²) in [6, 6.07) is 3.64. The quantitative estimate of drug-likeness (QED) is 0.860. The summed E-state index contributed by atoms with van der Waals surface area (Å²) < 4.78 is 23.6. The summed E-state index contributed by atoms with van der Waals surface area (Å²) in [5.41, 5.74) is 1.63. The lowest BCUT2D eigenvalue weighted by Crippen LogP contribution is -2.44. The number of benzene rings is 1. The summed E-state index contributed by atoms with van der Waals surface area (Å²) in [6.45, 7) is 4.65. The highest BCUT2D eigenvalue weighted by Crippen LogP contribution is 2.30. The number of methoxy groups -OCH3 is 2. The lowest BCUT2D eigenvalue weighted by Gasteiger charge is -2.27. The Morgan fingerprint density at radius 1 is 1.10 bits per heavy atom. The molecule has 0 radical (unpaired) electrons. The average Bonchev–Trinajstić information content (AvgIpc) is 2.52. The van der Waals surface area contributed by atoms with E-state index in [1.807, 2.05) is 6.07 Å². The maximum Gasteiger partial charge on any atom is 0.128 e. The third kappa shape index (κ3) is 3.61. The number of alkyl halides is 1. The van der Waals surface area contributed by atoms with Gasteiger partial charge >= 0.3 is 0 Å². The zero-order chi connectivity index (χ0) is 14.4. The van der Waals surface area contributed by atoms with E-state index in [1.54, 1.807) is 20.3 Å². The second-order valence-corrected chi connectivity index (χ2v) is 4.95. The van der Waals surface area contributed by atoms with Crippen molar-refractivity contribution in [2.24, 2.45) is 0 Å². The summed E-state index contributed by atoms with van der Waals surface area (Å²) in [5.74, 6) is 1.32. The summed E-state index contributed by atoms with van der Waals surface area (Å²) in [7, 11) is 3.19. The molecule has 1 aromatic carbocycles. The molecule has 0 aliphatic carbocycles. The molecule has 0 unspecified atom stereocenters. The maximum absolute atomic E-state index is 13.0. The summed E-state index contributed by atoms with van der Waals surface area (Å²) in [5, 5.41) is 3.34. The zero-order valence-corrected chi connectivity index (χ0v) is 12.2. The van der Waals surface area contributed by atoms with E-state index in [9.17, 15) is 4.39 Å². The number of halogens is 1. The molecule has 1 N–H and O–H groups in total. The smallest absolute Gasteiger partial charge is 0.128 e. The molecule has 0 bridgehead atoms. The Bertz CT molecular complexity index is 434. The van der Waals surface area contributed by atoms with Crippen molar-refractivity contribution in [3.8, 4) is 11.5 Å². The van der Waals surface area contributed by atoms with E-state index in [4.69, 9.17) is 9.47 Å². The predicted molar refractivity (Wildman–Crippen MR) is 77.4 cm³/mol. The number of piperazine rings is 1. The molecule has 1 aromatic rings. The Morgan fingerprint density at radius 3 is 2.35 bits per heavy atom. The van der Waals surface area contributed by atoms with E-state index >= 15 is 0 Å². The first-order chi connectivity index (χ1) is 9.78. The van der Waals surface area contributed by atoms with Crippen LogP contribution in [0.1, 0.15) is 11.1 Å². The number of ether oxygens (including phenoxy) is 2. The molecule has 0 saturated carbocycles. The van der Waals surface area contributed by atoms with Crippen LogP contribution in [0.3, 0.4) is 0 Å². The molecular formula is C15H23FN2O2. The fraction of sp³-hybridized carbons (Fsp3) is 0.600. The SMILES string of the molecule is COc1cc(OC)c(CCN2CCNCC2)cc1CF. The van der Waals surface area contributed by atoms with E-state index in [0.29, 0.717) is 11.3 Å². The van der Waals surface area contributed by atoms with Crippen molar-refractivity contribution in [1.29, 1.82) is 0 Å². The van der Waals surface area contributed by atoms with Crippen molar-refractivity contribution in [3.63, 3.8) is 0 Å². The molecule has 0 amide bonds. The van der Waals surface area contributed by atoms with Crippen molar-refractivity contribution < 1.29 is 13.9 Å². The standard InChI is InChI=1S/C15H23FN2O2/c1-19-14-10-15(20-2)13(11-16)9-12(14)3-6-18-7-4-17-5-8-18/h9-10,17H,3-8,11H2,1-2H3. The molecular weight excluding hydrogens is 259 g/mol. The molecule has 0 atom stereocenters. The predicted octanol–water partition coefficient (Wildman–Crippen LogP) is 1.62. The van der Waals surface area contributed by atoms with Crippen LogP contribution in [0.25, 0.3) is 0 Å². The molecule has 112 valence electrons. The van der Waals surface area contributed by atoms with Gasteiger partial charge in [0.05, 0.1) is 14.2 Å². The van der Waals surface area contributed by atoms with Crippen LogP contribution < -0.4 is 14.8 Å². The Kier molecular flexibility index (Phi) is 5.61. The van der Waals surface area contributed by atoms with Crippen LogP contribution in [0.2, 0.25) is 0 Å². The van der Waals surface area contributed by atoms with Gasteiger partial charge < -0.3 is 19.7 Å². The molecule has 4 nitrogen and oxygen atoms in total. The van der Waals surface area contributed by atoms with Crippen LogP contribution >= 0.6 is 0 Å². The third-order valence-electron chi connectivity index (χ3n) is 3.73. The van der Waals surface area contributed by atoms with Crippen LogP contribution in [0, 0.1) is 0 Å². The lowest BCUT2D eigenvalue weighted by molar-refractivity contribution is 0.243. The first-order valence-corrected chi connectivity index (χ1v) is 7.01. The van der Waals surface area contributed by atoms with Crippen LogP contribution in [0.15, 0.2) is 12.1 Å². The topological polar surface area (TPSA) is 33.7 Å². The fourth-order valence-corrected chi connectivity index (χ4v) is 2.55. The molecule has 1 aliphatic heterocycles. The Hall–Kier alpha value is -1.33. The van der Waals surface area contributed by atoms with Crippen LogP contribution in [0.5, 0.6) is 11.5 Å². The highest BCUT2D eigenvalue weighted by Gasteiger charge is 2.14. The van der Waals surface area contributed by atoms with Gasteiger partial charge in [-0.15, -0.1) is 0 Å². The largest absolute Gasteiger partial charge is 0.496 e. The Balaban J connectivity index is 2.08. The minimum absolute atomic E-state index is 0.520. The number of hydrogen-bond donors (Lipinski definition) is 1. The lowest BCUT2D eigenvalue weighted by atomic mass is 10.1. The van der Waals surface area contributed by atoms with E-state index in [2.05, 4.69) is 10.2 Å². The average molecular weight is 282 g/mol. The van der Waals surface area contributed by atoms with Gasteiger partial charge in [0, 0.05) is 44.4 Å². The summed E-state index contributed by atoms with van der Waals surface area (Å²) in [6.07, 6.45) is 0.861. The first kappa shape index (κ1) is 15.1. The van der Waals surface area contributed by atoms with Crippen molar-refractivity contribution >= 4 is 0 Å². The van der Waals surface area contributed by atoms with Crippen molar-refractivity contribution in [2.75, 3.05) is 46.9 Å². The highest BCUT2D eigenvalue weighted by molar-refractivity contribution is 5.46. The number of nitrogens with one attached hydrogen (secondary N) is 1. The normalized spacial score (nSPS) is 16.1. The van der Waals surface area contributed by atoms with Gasteiger partial charge in [0.25, 0.3) is 0 Å². The monoisotopic (exact) mass is 282 g/mol. The van der Waals surface area contributed by atoms with E-state index < -0.39 is 6.67 Å². The fourth-order valence-electron chi connectivity index (χ4n) is 2.55. The molecule has 0 aromatic heterocycles. The molecule has 5 heteroatoms. The van der Waals surface area contributed by atoms with Gasteiger partial charge in [-0.2, -0.15) is 0 Å². The minimum atomic E-state index is -0.520.